The lowest BCUT2D eigenvalue weighted by Gasteiger charge is -2.39. The molecule has 2 aliphatic rings. The molecule has 5 rings (SSSR count). The number of hydrogen-bond acceptors (Lipinski definition) is 4. The number of benzene rings is 1. The van der Waals surface area contributed by atoms with E-state index in [-0.39, 0.29) is 17.8 Å². The van der Waals surface area contributed by atoms with E-state index in [4.69, 9.17) is 0 Å². The highest BCUT2D eigenvalue weighted by molar-refractivity contribution is 5.85. The van der Waals surface area contributed by atoms with Crippen LogP contribution in [0.4, 0.5) is 5.95 Å². The average molecular weight is 340 g/mol. The summed E-state index contributed by atoms with van der Waals surface area (Å²) in [4.78, 5) is 11.4. The van der Waals surface area contributed by atoms with E-state index in [1.165, 1.54) is 11.1 Å². The molecule has 1 N–H and O–H groups in total. The van der Waals surface area contributed by atoms with Gasteiger partial charge in [0.15, 0.2) is 5.65 Å². The number of rotatable bonds is 1. The zero-order valence-electron chi connectivity index (χ0n) is 13.1. The molecule has 122 valence electrons. The molecule has 1 aliphatic heterocycles. The highest BCUT2D eigenvalue weighted by Crippen LogP contribution is 2.43. The maximum atomic E-state index is 4.60. The zero-order valence-corrected chi connectivity index (χ0v) is 14.0. The van der Waals surface area contributed by atoms with Crippen LogP contribution in [0.15, 0.2) is 42.7 Å². The molecule has 1 fully saturated rings. The van der Waals surface area contributed by atoms with E-state index in [9.17, 15) is 0 Å². The van der Waals surface area contributed by atoms with Crippen LogP contribution in [0.1, 0.15) is 24.0 Å². The number of halogens is 1. The number of hydrogen-bond donors (Lipinski definition) is 1. The van der Waals surface area contributed by atoms with Gasteiger partial charge in [0, 0.05) is 24.7 Å². The molecule has 1 saturated heterocycles. The van der Waals surface area contributed by atoms with E-state index in [2.05, 4.69) is 61.5 Å². The number of fused-ring (bicyclic) bond motifs is 3. The Morgan fingerprint density at radius 1 is 1.08 bits per heavy atom. The van der Waals surface area contributed by atoms with Crippen molar-refractivity contribution >= 4 is 35.5 Å². The SMILES string of the molecule is C1=CC2(CCN(c3ncc4cn[nH]c4n3)CC2)c2ccccc21.Cl. The monoisotopic (exact) mass is 339 g/mol. The van der Waals surface area contributed by atoms with Crippen molar-refractivity contribution in [2.24, 2.45) is 0 Å². The van der Waals surface area contributed by atoms with Gasteiger partial charge < -0.3 is 4.90 Å². The van der Waals surface area contributed by atoms with Crippen molar-refractivity contribution in [3.05, 3.63) is 53.9 Å². The topological polar surface area (TPSA) is 57.7 Å². The average Bonchev–Trinajstić information content (AvgIpc) is 3.21. The maximum absolute atomic E-state index is 4.60. The predicted molar refractivity (Wildman–Crippen MR) is 97.5 cm³/mol. The minimum Gasteiger partial charge on any atom is -0.341 e. The molecule has 0 bridgehead atoms. The molecule has 0 radical (unpaired) electrons. The Hall–Kier alpha value is -2.40. The van der Waals surface area contributed by atoms with Gasteiger partial charge in [-0.1, -0.05) is 36.4 Å². The van der Waals surface area contributed by atoms with Gasteiger partial charge in [0.2, 0.25) is 5.95 Å². The van der Waals surface area contributed by atoms with Crippen molar-refractivity contribution < 1.29 is 0 Å². The number of H-pyrrole nitrogens is 1. The second-order valence-electron chi connectivity index (χ2n) is 6.41. The number of allylic oxidation sites excluding steroid dienone is 1. The lowest BCUT2D eigenvalue weighted by atomic mass is 9.74. The van der Waals surface area contributed by atoms with Crippen molar-refractivity contribution in [3.63, 3.8) is 0 Å². The van der Waals surface area contributed by atoms with E-state index < -0.39 is 0 Å². The summed E-state index contributed by atoms with van der Waals surface area (Å²) in [6.07, 6.45) is 10.5. The molecule has 3 heterocycles. The molecule has 0 atom stereocenters. The van der Waals surface area contributed by atoms with Gasteiger partial charge in [-0.3, -0.25) is 5.10 Å². The fourth-order valence-corrected chi connectivity index (χ4v) is 3.86. The minimum atomic E-state index is 0. The molecule has 0 unspecified atom stereocenters. The summed E-state index contributed by atoms with van der Waals surface area (Å²) in [7, 11) is 0. The second kappa shape index (κ2) is 5.60. The molecule has 1 aromatic carbocycles. The lowest BCUT2D eigenvalue weighted by molar-refractivity contribution is 0.408. The normalized spacial score (nSPS) is 17.9. The summed E-state index contributed by atoms with van der Waals surface area (Å²) in [6, 6.07) is 8.75. The largest absolute Gasteiger partial charge is 0.341 e. The van der Waals surface area contributed by atoms with Crippen LogP contribution in [0.25, 0.3) is 17.1 Å². The third-order valence-corrected chi connectivity index (χ3v) is 5.20. The number of piperidine rings is 1. The highest BCUT2D eigenvalue weighted by Gasteiger charge is 2.38. The van der Waals surface area contributed by atoms with E-state index in [0.29, 0.717) is 0 Å². The summed E-state index contributed by atoms with van der Waals surface area (Å²) in [6.45, 7) is 1.94. The molecule has 2 aromatic heterocycles. The zero-order chi connectivity index (χ0) is 15.3. The van der Waals surface area contributed by atoms with Crippen molar-refractivity contribution in [2.45, 2.75) is 18.3 Å². The Morgan fingerprint density at radius 2 is 1.92 bits per heavy atom. The Balaban J connectivity index is 0.00000146. The van der Waals surface area contributed by atoms with Crippen LogP contribution < -0.4 is 4.90 Å². The molecular weight excluding hydrogens is 322 g/mol. The van der Waals surface area contributed by atoms with Gasteiger partial charge in [0.1, 0.15) is 0 Å². The molecule has 0 saturated carbocycles. The maximum Gasteiger partial charge on any atom is 0.227 e. The summed E-state index contributed by atoms with van der Waals surface area (Å²) in [5.41, 5.74) is 3.85. The van der Waals surface area contributed by atoms with Crippen LogP contribution in [0.2, 0.25) is 0 Å². The number of nitrogens with zero attached hydrogens (tertiary/aromatic N) is 4. The van der Waals surface area contributed by atoms with Crippen molar-refractivity contribution in [1.82, 2.24) is 20.2 Å². The Morgan fingerprint density at radius 3 is 2.79 bits per heavy atom. The van der Waals surface area contributed by atoms with Crippen molar-refractivity contribution in [2.75, 3.05) is 18.0 Å². The van der Waals surface area contributed by atoms with Crippen LogP contribution in [0.3, 0.4) is 0 Å². The number of nitrogens with one attached hydrogen (secondary N) is 1. The summed E-state index contributed by atoms with van der Waals surface area (Å²) >= 11 is 0. The molecule has 1 spiro atoms. The van der Waals surface area contributed by atoms with Crippen LogP contribution >= 0.6 is 12.4 Å². The molecule has 0 amide bonds. The minimum absolute atomic E-state index is 0. The quantitative estimate of drug-likeness (QED) is 0.738. The summed E-state index contributed by atoms with van der Waals surface area (Å²) in [5.74, 6) is 0.798. The first-order valence-corrected chi connectivity index (χ1v) is 8.04. The van der Waals surface area contributed by atoms with Crippen LogP contribution in [-0.2, 0) is 5.41 Å². The standard InChI is InChI=1S/C18H17N5.ClH/c1-2-4-15-13(3-1)5-6-18(15)7-9-23(10-8-18)17-19-11-14-12-20-22-16(14)21-17;/h1-6,11-12H,7-10H2,(H,19,20,21,22);1H. The van der Waals surface area contributed by atoms with Gasteiger partial charge in [0.05, 0.1) is 11.6 Å². The summed E-state index contributed by atoms with van der Waals surface area (Å²) in [5, 5.41) is 7.89. The van der Waals surface area contributed by atoms with Gasteiger partial charge in [0.25, 0.3) is 0 Å². The molecule has 3 aromatic rings. The fraction of sp³-hybridized carbons (Fsp3) is 0.278. The number of anilines is 1. The Bertz CT molecular complexity index is 908. The van der Waals surface area contributed by atoms with E-state index >= 15 is 0 Å². The number of aromatic nitrogens is 4. The van der Waals surface area contributed by atoms with Gasteiger partial charge in [-0.2, -0.15) is 10.1 Å². The van der Waals surface area contributed by atoms with Gasteiger partial charge >= 0.3 is 0 Å². The molecular formula is C18H18ClN5. The van der Waals surface area contributed by atoms with E-state index in [0.717, 1.165) is 42.9 Å². The van der Waals surface area contributed by atoms with Gasteiger partial charge in [-0.05, 0) is 24.0 Å². The first-order chi connectivity index (χ1) is 11.3. The predicted octanol–water partition coefficient (Wildman–Crippen LogP) is 3.34. The highest BCUT2D eigenvalue weighted by atomic mass is 35.5. The molecule has 24 heavy (non-hydrogen) atoms. The summed E-state index contributed by atoms with van der Waals surface area (Å²) < 4.78 is 0. The fourth-order valence-electron chi connectivity index (χ4n) is 3.86. The second-order valence-corrected chi connectivity index (χ2v) is 6.41. The Kier molecular flexibility index (Phi) is 3.53. The van der Waals surface area contributed by atoms with E-state index in [1.807, 2.05) is 6.20 Å². The van der Waals surface area contributed by atoms with Crippen molar-refractivity contribution in [3.8, 4) is 0 Å². The van der Waals surface area contributed by atoms with Gasteiger partial charge in [-0.25, -0.2) is 4.98 Å². The molecule has 6 heteroatoms. The Labute approximate surface area is 146 Å². The van der Waals surface area contributed by atoms with Crippen LogP contribution in [-0.4, -0.2) is 33.3 Å². The number of aromatic amines is 1. The first kappa shape index (κ1) is 15.1. The van der Waals surface area contributed by atoms with Crippen molar-refractivity contribution in [1.29, 1.82) is 0 Å². The third-order valence-electron chi connectivity index (χ3n) is 5.20. The third kappa shape index (κ3) is 2.19. The lowest BCUT2D eigenvalue weighted by Crippen LogP contribution is -2.41. The molecule has 1 aliphatic carbocycles. The van der Waals surface area contributed by atoms with Gasteiger partial charge in [-0.15, -0.1) is 12.4 Å². The van der Waals surface area contributed by atoms with Crippen LogP contribution in [0.5, 0.6) is 0 Å². The first-order valence-electron chi connectivity index (χ1n) is 8.04. The van der Waals surface area contributed by atoms with Crippen LogP contribution in [0, 0.1) is 0 Å². The molecule has 5 nitrogen and oxygen atoms in total. The van der Waals surface area contributed by atoms with E-state index in [1.54, 1.807) is 6.20 Å². The smallest absolute Gasteiger partial charge is 0.227 e.